The number of carbonyl (C=O) groups excluding carboxylic acids is 2. The Morgan fingerprint density at radius 2 is 0.734 bits per heavy atom. The van der Waals surface area contributed by atoms with Gasteiger partial charge in [-0.15, -0.1) is 0 Å². The highest BCUT2D eigenvalue weighted by atomic mass is 16.5. The smallest absolute Gasteiger partial charge is 0.305 e. The number of carbonyl (C=O) groups is 2. The zero-order valence-electron chi connectivity index (χ0n) is 43.3. The standard InChI is InChI=1S/C58H113NO5/c1-3-5-7-9-11-13-15-17-19-21-22-26-30-34-38-42-46-50-56(61)55(54-60)59-57(62)51-47-43-39-35-31-27-24-25-29-33-37-41-45-49-53-64-58(63)52-48-44-40-36-32-28-23-20-18-16-14-12-10-8-6-4-2/h20,23,55-56,60-61H,3-19,21-22,24-54H2,1-2H3,(H,59,62)/b23-20-. The SMILES string of the molecule is CCCCCCCCC/C=C\CCCCCCCC(=O)OCCCCCCCCCCCCCCCCC(=O)NC(CO)C(O)CCCCCCCCCCCCCCCCCCC. The van der Waals surface area contributed by atoms with Crippen LogP contribution in [-0.4, -0.2) is 47.4 Å². The average Bonchev–Trinajstić information content (AvgIpc) is 3.29. The maximum atomic E-state index is 12.5. The maximum Gasteiger partial charge on any atom is 0.305 e. The van der Waals surface area contributed by atoms with E-state index in [0.717, 1.165) is 51.4 Å². The lowest BCUT2D eigenvalue weighted by Gasteiger charge is -2.22. The van der Waals surface area contributed by atoms with Crippen LogP contribution in [0.25, 0.3) is 0 Å². The van der Waals surface area contributed by atoms with E-state index in [-0.39, 0.29) is 18.5 Å². The van der Waals surface area contributed by atoms with Gasteiger partial charge < -0.3 is 20.3 Å². The van der Waals surface area contributed by atoms with Crippen molar-refractivity contribution in [3.8, 4) is 0 Å². The molecule has 380 valence electrons. The van der Waals surface area contributed by atoms with Gasteiger partial charge in [-0.1, -0.05) is 270 Å². The van der Waals surface area contributed by atoms with E-state index in [0.29, 0.717) is 25.9 Å². The van der Waals surface area contributed by atoms with Crippen LogP contribution in [0.5, 0.6) is 0 Å². The van der Waals surface area contributed by atoms with Gasteiger partial charge in [0.2, 0.25) is 5.91 Å². The summed E-state index contributed by atoms with van der Waals surface area (Å²) in [5.74, 6) is -0.0519. The van der Waals surface area contributed by atoms with Gasteiger partial charge >= 0.3 is 5.97 Å². The Hall–Kier alpha value is -1.40. The molecule has 0 saturated carbocycles. The molecule has 0 fully saturated rings. The third kappa shape index (κ3) is 50.0. The molecule has 0 aliphatic heterocycles. The zero-order valence-corrected chi connectivity index (χ0v) is 43.3. The van der Waals surface area contributed by atoms with E-state index in [1.807, 2.05) is 0 Å². The summed E-state index contributed by atoms with van der Waals surface area (Å²) < 4.78 is 5.47. The highest BCUT2D eigenvalue weighted by Crippen LogP contribution is 2.17. The number of ether oxygens (including phenoxy) is 1. The lowest BCUT2D eigenvalue weighted by molar-refractivity contribution is -0.143. The number of aliphatic hydroxyl groups excluding tert-OH is 2. The summed E-state index contributed by atoms with van der Waals surface area (Å²) in [6.07, 6.45) is 63.3. The van der Waals surface area contributed by atoms with Crippen molar-refractivity contribution in [2.45, 2.75) is 334 Å². The minimum atomic E-state index is -0.671. The summed E-state index contributed by atoms with van der Waals surface area (Å²) in [7, 11) is 0. The van der Waals surface area contributed by atoms with E-state index in [2.05, 4.69) is 31.3 Å². The van der Waals surface area contributed by atoms with Gasteiger partial charge in [0, 0.05) is 12.8 Å². The van der Waals surface area contributed by atoms with Gasteiger partial charge in [0.05, 0.1) is 25.4 Å². The molecule has 6 heteroatoms. The van der Waals surface area contributed by atoms with Crippen LogP contribution in [-0.2, 0) is 14.3 Å². The molecule has 0 aliphatic rings. The molecule has 0 saturated heterocycles. The predicted octanol–water partition coefficient (Wildman–Crippen LogP) is 17.7. The fraction of sp³-hybridized carbons (Fsp3) is 0.931. The number of amides is 1. The topological polar surface area (TPSA) is 95.9 Å². The Labute approximate surface area is 399 Å². The van der Waals surface area contributed by atoms with Crippen LogP contribution in [0.3, 0.4) is 0 Å². The van der Waals surface area contributed by atoms with Crippen LogP contribution in [0.15, 0.2) is 12.2 Å². The van der Waals surface area contributed by atoms with Crippen LogP contribution in [0.2, 0.25) is 0 Å². The van der Waals surface area contributed by atoms with Crippen molar-refractivity contribution in [2.24, 2.45) is 0 Å². The molecule has 1 amide bonds. The Morgan fingerprint density at radius 3 is 1.11 bits per heavy atom. The first kappa shape index (κ1) is 62.6. The highest BCUT2D eigenvalue weighted by Gasteiger charge is 2.20. The molecule has 3 N–H and O–H groups in total. The van der Waals surface area contributed by atoms with Gasteiger partial charge in [0.15, 0.2) is 0 Å². The van der Waals surface area contributed by atoms with Crippen molar-refractivity contribution in [3.63, 3.8) is 0 Å². The summed E-state index contributed by atoms with van der Waals surface area (Å²) in [4.78, 5) is 24.5. The van der Waals surface area contributed by atoms with Crippen LogP contribution in [0, 0.1) is 0 Å². The lowest BCUT2D eigenvalue weighted by Crippen LogP contribution is -2.45. The van der Waals surface area contributed by atoms with E-state index in [9.17, 15) is 19.8 Å². The van der Waals surface area contributed by atoms with Crippen LogP contribution in [0.1, 0.15) is 322 Å². The molecule has 64 heavy (non-hydrogen) atoms. The Kier molecular flexibility index (Phi) is 53.0. The fourth-order valence-corrected chi connectivity index (χ4v) is 9.11. The first-order valence-corrected chi connectivity index (χ1v) is 28.9. The van der Waals surface area contributed by atoms with Crippen LogP contribution < -0.4 is 5.32 Å². The van der Waals surface area contributed by atoms with E-state index in [1.165, 1.54) is 238 Å². The molecule has 0 radical (unpaired) electrons. The van der Waals surface area contributed by atoms with Crippen molar-refractivity contribution in [1.82, 2.24) is 5.32 Å². The van der Waals surface area contributed by atoms with Gasteiger partial charge in [-0.05, 0) is 51.4 Å². The third-order valence-electron chi connectivity index (χ3n) is 13.6. The molecule has 6 nitrogen and oxygen atoms in total. The minimum absolute atomic E-state index is 0.00872. The van der Waals surface area contributed by atoms with Gasteiger partial charge in [-0.3, -0.25) is 9.59 Å². The third-order valence-corrected chi connectivity index (χ3v) is 13.6. The molecule has 2 unspecified atom stereocenters. The molecule has 0 aromatic heterocycles. The number of nitrogens with one attached hydrogen (secondary N) is 1. The van der Waals surface area contributed by atoms with E-state index in [4.69, 9.17) is 4.74 Å². The van der Waals surface area contributed by atoms with Gasteiger partial charge in [0.1, 0.15) is 0 Å². The Morgan fingerprint density at radius 1 is 0.422 bits per heavy atom. The number of rotatable bonds is 54. The number of unbranched alkanes of at least 4 members (excludes halogenated alkanes) is 41. The predicted molar refractivity (Wildman–Crippen MR) is 278 cm³/mol. The normalized spacial score (nSPS) is 12.6. The van der Waals surface area contributed by atoms with Crippen molar-refractivity contribution in [2.75, 3.05) is 13.2 Å². The Bertz CT molecular complexity index is 955. The number of hydrogen-bond acceptors (Lipinski definition) is 5. The molecule has 0 aromatic rings. The molecule has 2 atom stereocenters. The van der Waals surface area contributed by atoms with E-state index in [1.54, 1.807) is 0 Å². The molecule has 0 bridgehead atoms. The van der Waals surface area contributed by atoms with E-state index < -0.39 is 12.1 Å². The maximum absolute atomic E-state index is 12.5. The van der Waals surface area contributed by atoms with Gasteiger partial charge in [0.25, 0.3) is 0 Å². The van der Waals surface area contributed by atoms with Crippen LogP contribution in [0.4, 0.5) is 0 Å². The Balaban J connectivity index is 3.43. The second-order valence-electron chi connectivity index (χ2n) is 20.0. The quantitative estimate of drug-likeness (QED) is 0.0321. The molecule has 0 heterocycles. The van der Waals surface area contributed by atoms with E-state index >= 15 is 0 Å². The molecule has 0 spiro atoms. The first-order chi connectivity index (χ1) is 31.5. The van der Waals surface area contributed by atoms with Crippen LogP contribution >= 0.6 is 0 Å². The summed E-state index contributed by atoms with van der Waals surface area (Å²) in [6, 6.07) is -0.549. The highest BCUT2D eigenvalue weighted by molar-refractivity contribution is 5.76. The minimum Gasteiger partial charge on any atom is -0.466 e. The van der Waals surface area contributed by atoms with Gasteiger partial charge in [-0.25, -0.2) is 0 Å². The molecule has 0 aromatic carbocycles. The fourth-order valence-electron chi connectivity index (χ4n) is 9.11. The summed E-state index contributed by atoms with van der Waals surface area (Å²) in [5, 5.41) is 23.3. The monoisotopic (exact) mass is 904 g/mol. The second-order valence-corrected chi connectivity index (χ2v) is 20.0. The van der Waals surface area contributed by atoms with Crippen molar-refractivity contribution in [1.29, 1.82) is 0 Å². The van der Waals surface area contributed by atoms with Gasteiger partial charge in [-0.2, -0.15) is 0 Å². The second kappa shape index (κ2) is 54.2. The number of hydrogen-bond donors (Lipinski definition) is 3. The summed E-state index contributed by atoms with van der Waals surface area (Å²) in [5.41, 5.74) is 0. The van der Waals surface area contributed by atoms with Crippen molar-refractivity contribution >= 4 is 11.9 Å². The van der Waals surface area contributed by atoms with Crippen molar-refractivity contribution < 1.29 is 24.5 Å². The molecular formula is C58H113NO5. The number of aliphatic hydroxyl groups is 2. The largest absolute Gasteiger partial charge is 0.466 e. The number of esters is 1. The summed E-state index contributed by atoms with van der Waals surface area (Å²) >= 11 is 0. The first-order valence-electron chi connectivity index (χ1n) is 28.9. The summed E-state index contributed by atoms with van der Waals surface area (Å²) in [6.45, 7) is 4.94. The van der Waals surface area contributed by atoms with Crippen molar-refractivity contribution in [3.05, 3.63) is 12.2 Å². The molecule has 0 aliphatic carbocycles. The zero-order chi connectivity index (χ0) is 46.5. The molecular weight excluding hydrogens is 791 g/mol. The molecule has 0 rings (SSSR count). The lowest BCUT2D eigenvalue weighted by atomic mass is 10.0. The number of allylic oxidation sites excluding steroid dienone is 2. The average molecular weight is 905 g/mol.